The summed E-state index contributed by atoms with van der Waals surface area (Å²) in [6, 6.07) is 87.7. The summed E-state index contributed by atoms with van der Waals surface area (Å²) < 4.78 is 2.43. The zero-order chi connectivity index (χ0) is 39.8. The van der Waals surface area contributed by atoms with E-state index in [1.54, 1.807) is 0 Å². The Morgan fingerprint density at radius 2 is 0.783 bits per heavy atom. The molecule has 282 valence electrons. The van der Waals surface area contributed by atoms with Crippen molar-refractivity contribution in [2.45, 2.75) is 0 Å². The largest absolute Gasteiger partial charge is 0.310 e. The lowest BCUT2D eigenvalue weighted by molar-refractivity contribution is 1.19. The van der Waals surface area contributed by atoms with Crippen molar-refractivity contribution in [3.8, 4) is 50.2 Å². The molecule has 0 atom stereocenters. The van der Waals surface area contributed by atoms with Gasteiger partial charge in [0.1, 0.15) is 0 Å². The van der Waals surface area contributed by atoms with Crippen LogP contribution < -0.4 is 4.90 Å². The van der Waals surface area contributed by atoms with Gasteiger partial charge in [0.25, 0.3) is 0 Å². The monoisotopic (exact) mass is 764 g/mol. The predicted molar refractivity (Wildman–Crippen MR) is 255 cm³/mol. The molecule has 2 nitrogen and oxygen atoms in total. The summed E-state index contributed by atoms with van der Waals surface area (Å²) in [5.74, 6) is 0. The zero-order valence-corrected chi connectivity index (χ0v) is 33.0. The molecule has 0 aliphatic rings. The highest BCUT2D eigenvalue weighted by Gasteiger charge is 2.17. The van der Waals surface area contributed by atoms with Crippen molar-refractivity contribution in [1.29, 1.82) is 0 Å². The van der Waals surface area contributed by atoms with Gasteiger partial charge in [0.05, 0.1) is 11.0 Å². The third kappa shape index (κ3) is 6.32. The van der Waals surface area contributed by atoms with Gasteiger partial charge in [-0.15, -0.1) is 0 Å². The highest BCUT2D eigenvalue weighted by atomic mass is 15.1. The quantitative estimate of drug-likeness (QED) is 0.150. The second-order valence-electron chi connectivity index (χ2n) is 15.3. The van der Waals surface area contributed by atoms with E-state index in [9.17, 15) is 0 Å². The molecule has 10 aromatic carbocycles. The summed E-state index contributed by atoms with van der Waals surface area (Å²) in [5, 5.41) is 5.04. The second kappa shape index (κ2) is 15.1. The Hall–Kier alpha value is -7.94. The van der Waals surface area contributed by atoms with Gasteiger partial charge in [-0.3, -0.25) is 0 Å². The van der Waals surface area contributed by atoms with Crippen LogP contribution in [0.25, 0.3) is 82.8 Å². The number of nitrogens with zero attached hydrogens (tertiary/aromatic N) is 2. The molecular formula is C58H40N2. The molecule has 0 fully saturated rings. The maximum absolute atomic E-state index is 2.43. The topological polar surface area (TPSA) is 8.17 Å². The van der Waals surface area contributed by atoms with E-state index in [0.717, 1.165) is 22.7 Å². The van der Waals surface area contributed by atoms with Crippen LogP contribution in [0.5, 0.6) is 0 Å². The molecule has 0 N–H and O–H groups in total. The molecule has 60 heavy (non-hydrogen) atoms. The molecule has 0 aliphatic heterocycles. The van der Waals surface area contributed by atoms with Gasteiger partial charge < -0.3 is 9.47 Å². The highest BCUT2D eigenvalue weighted by Crippen LogP contribution is 2.41. The van der Waals surface area contributed by atoms with Gasteiger partial charge in [0.2, 0.25) is 0 Å². The van der Waals surface area contributed by atoms with Crippen LogP contribution in [0, 0.1) is 0 Å². The van der Waals surface area contributed by atoms with Crippen LogP contribution >= 0.6 is 0 Å². The molecule has 0 radical (unpaired) electrons. The lowest BCUT2D eigenvalue weighted by atomic mass is 9.94. The van der Waals surface area contributed by atoms with E-state index in [4.69, 9.17) is 0 Å². The SMILES string of the molecule is c1ccc(-c2ccc(N(c3ccc(-c4ccccc4-c4ccc(-n5c6ccccc6c6ccc7ccccc7c65)cc4)cc3)c3cccc(-c4ccccc4)c3)cc2)cc1. The van der Waals surface area contributed by atoms with E-state index in [-0.39, 0.29) is 0 Å². The lowest BCUT2D eigenvalue weighted by Gasteiger charge is -2.26. The van der Waals surface area contributed by atoms with Crippen LogP contribution in [0.2, 0.25) is 0 Å². The first-order valence-corrected chi connectivity index (χ1v) is 20.6. The van der Waals surface area contributed by atoms with Crippen molar-refractivity contribution < 1.29 is 0 Å². The van der Waals surface area contributed by atoms with E-state index in [0.29, 0.717) is 0 Å². The minimum Gasteiger partial charge on any atom is -0.310 e. The Kier molecular flexibility index (Phi) is 8.87. The van der Waals surface area contributed by atoms with Gasteiger partial charge >= 0.3 is 0 Å². The Labute approximate surface area is 350 Å². The van der Waals surface area contributed by atoms with Gasteiger partial charge in [0, 0.05) is 38.9 Å². The van der Waals surface area contributed by atoms with Crippen molar-refractivity contribution in [3.05, 3.63) is 243 Å². The number of para-hydroxylation sites is 1. The molecule has 11 aromatic rings. The molecule has 0 unspecified atom stereocenters. The minimum atomic E-state index is 1.09. The first-order valence-electron chi connectivity index (χ1n) is 20.6. The third-order valence-electron chi connectivity index (χ3n) is 11.8. The van der Waals surface area contributed by atoms with E-state index in [1.165, 1.54) is 77.1 Å². The number of fused-ring (bicyclic) bond motifs is 5. The van der Waals surface area contributed by atoms with Crippen molar-refractivity contribution in [3.63, 3.8) is 0 Å². The van der Waals surface area contributed by atoms with E-state index in [2.05, 4.69) is 252 Å². The molecule has 0 saturated heterocycles. The average molecular weight is 765 g/mol. The molecule has 1 heterocycles. The molecule has 0 bridgehead atoms. The number of aromatic nitrogens is 1. The van der Waals surface area contributed by atoms with Crippen molar-refractivity contribution in [1.82, 2.24) is 4.57 Å². The van der Waals surface area contributed by atoms with Crippen LogP contribution in [-0.4, -0.2) is 4.57 Å². The van der Waals surface area contributed by atoms with Crippen LogP contribution in [0.1, 0.15) is 0 Å². The predicted octanol–water partition coefficient (Wildman–Crippen LogP) is 16.1. The maximum Gasteiger partial charge on any atom is 0.0619 e. The molecule has 0 saturated carbocycles. The fraction of sp³-hybridized carbons (Fsp3) is 0. The Morgan fingerprint density at radius 3 is 1.45 bits per heavy atom. The lowest BCUT2D eigenvalue weighted by Crippen LogP contribution is -2.10. The molecule has 0 spiro atoms. The molecule has 1 aromatic heterocycles. The Balaban J connectivity index is 0.962. The van der Waals surface area contributed by atoms with Gasteiger partial charge in [-0.05, 0) is 104 Å². The first-order chi connectivity index (χ1) is 29.8. The van der Waals surface area contributed by atoms with Crippen LogP contribution in [0.4, 0.5) is 17.1 Å². The number of anilines is 3. The van der Waals surface area contributed by atoms with Gasteiger partial charge in [-0.25, -0.2) is 0 Å². The van der Waals surface area contributed by atoms with E-state index in [1.807, 2.05) is 0 Å². The summed E-state index contributed by atoms with van der Waals surface area (Å²) in [7, 11) is 0. The van der Waals surface area contributed by atoms with E-state index < -0.39 is 0 Å². The van der Waals surface area contributed by atoms with Crippen molar-refractivity contribution in [2.24, 2.45) is 0 Å². The summed E-state index contributed by atoms with van der Waals surface area (Å²) in [4.78, 5) is 2.35. The number of hydrogen-bond donors (Lipinski definition) is 0. The first kappa shape index (κ1) is 35.2. The maximum atomic E-state index is 2.43. The number of benzene rings is 10. The molecule has 0 amide bonds. The fourth-order valence-corrected chi connectivity index (χ4v) is 8.90. The summed E-state index contributed by atoms with van der Waals surface area (Å²) in [5.41, 5.74) is 16.4. The number of rotatable bonds is 8. The Bertz CT molecular complexity index is 3270. The van der Waals surface area contributed by atoms with Gasteiger partial charge in [-0.2, -0.15) is 0 Å². The molecule has 2 heteroatoms. The summed E-state index contributed by atoms with van der Waals surface area (Å²) in [6.45, 7) is 0. The Morgan fingerprint density at radius 1 is 0.283 bits per heavy atom. The van der Waals surface area contributed by atoms with Crippen LogP contribution in [0.3, 0.4) is 0 Å². The van der Waals surface area contributed by atoms with Crippen LogP contribution in [-0.2, 0) is 0 Å². The third-order valence-corrected chi connectivity index (χ3v) is 11.8. The van der Waals surface area contributed by atoms with Crippen molar-refractivity contribution in [2.75, 3.05) is 4.90 Å². The van der Waals surface area contributed by atoms with Gasteiger partial charge in [-0.1, -0.05) is 188 Å². The van der Waals surface area contributed by atoms with Crippen molar-refractivity contribution >= 4 is 49.6 Å². The molecular weight excluding hydrogens is 725 g/mol. The molecule has 0 aliphatic carbocycles. The minimum absolute atomic E-state index is 1.09. The highest BCUT2D eigenvalue weighted by molar-refractivity contribution is 6.18. The average Bonchev–Trinajstić information content (AvgIpc) is 3.68. The van der Waals surface area contributed by atoms with Crippen LogP contribution in [0.15, 0.2) is 243 Å². The van der Waals surface area contributed by atoms with Gasteiger partial charge in [0.15, 0.2) is 0 Å². The second-order valence-corrected chi connectivity index (χ2v) is 15.3. The zero-order valence-electron chi connectivity index (χ0n) is 33.0. The smallest absolute Gasteiger partial charge is 0.0619 e. The summed E-state index contributed by atoms with van der Waals surface area (Å²) >= 11 is 0. The number of hydrogen-bond acceptors (Lipinski definition) is 1. The normalized spacial score (nSPS) is 11.3. The standard InChI is InChI=1S/C58H40N2/c1-3-14-41(15-4-1)43-26-33-48(34-27-43)59(51-20-13-19-47(40-51)42-16-5-2-6-17-42)49-35-28-45(29-36-49)52-21-9-10-22-53(52)46-30-37-50(38-31-46)60-57-25-12-11-24-55(57)56-39-32-44-18-7-8-23-54(44)58(56)60/h1-40H. The summed E-state index contributed by atoms with van der Waals surface area (Å²) in [6.07, 6.45) is 0. The fourth-order valence-electron chi connectivity index (χ4n) is 8.90. The van der Waals surface area contributed by atoms with E-state index >= 15 is 0 Å². The molecule has 11 rings (SSSR count).